The van der Waals surface area contributed by atoms with E-state index in [1.54, 1.807) is 0 Å². The van der Waals surface area contributed by atoms with Gasteiger partial charge >= 0.3 is 0 Å². The molecule has 1 amide bonds. The second-order valence-electron chi connectivity index (χ2n) is 5.10. The van der Waals surface area contributed by atoms with Gasteiger partial charge in [0.25, 0.3) is 0 Å². The first-order valence-corrected chi connectivity index (χ1v) is 5.47. The number of nitrogens with two attached hydrogens (primary N) is 1. The quantitative estimate of drug-likeness (QED) is 0.741. The van der Waals surface area contributed by atoms with Crippen LogP contribution in [0, 0.1) is 5.92 Å². The van der Waals surface area contributed by atoms with Gasteiger partial charge in [-0.05, 0) is 32.6 Å². The Hall–Kier alpha value is -0.570. The Morgan fingerprint density at radius 3 is 2.14 bits per heavy atom. The Labute approximate surface area is 86.6 Å². The minimum absolute atomic E-state index is 0.140. The molecule has 0 aromatic carbocycles. The van der Waals surface area contributed by atoms with Crippen molar-refractivity contribution in [1.29, 1.82) is 0 Å². The van der Waals surface area contributed by atoms with Crippen LogP contribution in [-0.2, 0) is 4.79 Å². The van der Waals surface area contributed by atoms with Gasteiger partial charge < -0.3 is 10.6 Å². The summed E-state index contributed by atoms with van der Waals surface area (Å²) in [5, 5.41) is 0. The third-order valence-corrected chi connectivity index (χ3v) is 2.66. The zero-order valence-corrected chi connectivity index (χ0v) is 9.71. The molecule has 0 spiro atoms. The van der Waals surface area contributed by atoms with E-state index < -0.39 is 5.54 Å². The lowest BCUT2D eigenvalue weighted by Crippen LogP contribution is -2.49. The van der Waals surface area contributed by atoms with Crippen LogP contribution in [0.4, 0.5) is 0 Å². The molecule has 0 aromatic rings. The molecule has 82 valence electrons. The average molecular weight is 198 g/mol. The van der Waals surface area contributed by atoms with Crippen molar-refractivity contribution in [3.05, 3.63) is 0 Å². The maximum absolute atomic E-state index is 12.0. The standard InChI is InChI=1S/C11H22N2O/c1-8(2)7-13(9(3)4)10(14)11(12)5-6-11/h8-9H,5-7,12H2,1-4H3. The zero-order valence-electron chi connectivity index (χ0n) is 9.71. The minimum atomic E-state index is -0.515. The lowest BCUT2D eigenvalue weighted by atomic mass is 10.1. The van der Waals surface area contributed by atoms with Crippen LogP contribution < -0.4 is 5.73 Å². The fourth-order valence-electron chi connectivity index (χ4n) is 1.56. The van der Waals surface area contributed by atoms with Crippen molar-refractivity contribution in [2.75, 3.05) is 6.54 Å². The lowest BCUT2D eigenvalue weighted by Gasteiger charge is -2.30. The van der Waals surface area contributed by atoms with Crippen molar-refractivity contribution in [2.45, 2.75) is 52.1 Å². The molecule has 3 heteroatoms. The van der Waals surface area contributed by atoms with Crippen molar-refractivity contribution in [1.82, 2.24) is 4.90 Å². The third-order valence-electron chi connectivity index (χ3n) is 2.66. The SMILES string of the molecule is CC(C)CN(C(=O)C1(N)CC1)C(C)C. The molecule has 1 aliphatic carbocycles. The zero-order chi connectivity index (χ0) is 10.9. The van der Waals surface area contributed by atoms with Crippen LogP contribution in [0.5, 0.6) is 0 Å². The Balaban J connectivity index is 2.62. The molecule has 2 N–H and O–H groups in total. The number of nitrogens with zero attached hydrogens (tertiary/aromatic N) is 1. The molecule has 1 saturated carbocycles. The molecule has 0 heterocycles. The number of hydrogen-bond acceptors (Lipinski definition) is 2. The first-order chi connectivity index (χ1) is 6.37. The molecule has 0 atom stereocenters. The van der Waals surface area contributed by atoms with E-state index in [2.05, 4.69) is 13.8 Å². The van der Waals surface area contributed by atoms with Crippen LogP contribution in [-0.4, -0.2) is 28.9 Å². The minimum Gasteiger partial charge on any atom is -0.338 e. The number of hydrogen-bond donors (Lipinski definition) is 1. The highest BCUT2D eigenvalue weighted by atomic mass is 16.2. The summed E-state index contributed by atoms with van der Waals surface area (Å²) in [5.74, 6) is 0.643. The smallest absolute Gasteiger partial charge is 0.242 e. The number of rotatable bonds is 4. The van der Waals surface area contributed by atoms with E-state index in [1.165, 1.54) is 0 Å². The van der Waals surface area contributed by atoms with Crippen LogP contribution >= 0.6 is 0 Å². The van der Waals surface area contributed by atoms with E-state index in [-0.39, 0.29) is 11.9 Å². The van der Waals surface area contributed by atoms with Gasteiger partial charge in [0.1, 0.15) is 0 Å². The second kappa shape index (κ2) is 3.89. The van der Waals surface area contributed by atoms with Gasteiger partial charge in [-0.3, -0.25) is 4.79 Å². The van der Waals surface area contributed by atoms with Gasteiger partial charge in [0.05, 0.1) is 5.54 Å². The fourth-order valence-corrected chi connectivity index (χ4v) is 1.56. The Bertz CT molecular complexity index is 219. The van der Waals surface area contributed by atoms with E-state index in [9.17, 15) is 4.79 Å². The summed E-state index contributed by atoms with van der Waals surface area (Å²) in [4.78, 5) is 13.9. The van der Waals surface area contributed by atoms with Crippen LogP contribution in [0.15, 0.2) is 0 Å². The van der Waals surface area contributed by atoms with Gasteiger partial charge in [0.15, 0.2) is 0 Å². The summed E-state index contributed by atoms with van der Waals surface area (Å²) < 4.78 is 0. The van der Waals surface area contributed by atoms with Gasteiger partial charge in [-0.15, -0.1) is 0 Å². The first kappa shape index (κ1) is 11.5. The largest absolute Gasteiger partial charge is 0.338 e. The lowest BCUT2D eigenvalue weighted by molar-refractivity contribution is -0.135. The van der Waals surface area contributed by atoms with Gasteiger partial charge in [0, 0.05) is 12.6 Å². The van der Waals surface area contributed by atoms with Crippen molar-refractivity contribution in [2.24, 2.45) is 11.7 Å². The number of carbonyl (C=O) groups excluding carboxylic acids is 1. The van der Waals surface area contributed by atoms with Crippen LogP contribution in [0.2, 0.25) is 0 Å². The Morgan fingerprint density at radius 2 is 1.86 bits per heavy atom. The van der Waals surface area contributed by atoms with E-state index in [4.69, 9.17) is 5.73 Å². The van der Waals surface area contributed by atoms with Crippen LogP contribution in [0.3, 0.4) is 0 Å². The van der Waals surface area contributed by atoms with Crippen LogP contribution in [0.25, 0.3) is 0 Å². The third kappa shape index (κ3) is 2.47. The number of carbonyl (C=O) groups is 1. The molecule has 0 radical (unpaired) electrons. The Morgan fingerprint density at radius 1 is 1.36 bits per heavy atom. The van der Waals surface area contributed by atoms with Crippen molar-refractivity contribution in [3.63, 3.8) is 0 Å². The van der Waals surface area contributed by atoms with Crippen molar-refractivity contribution >= 4 is 5.91 Å². The van der Waals surface area contributed by atoms with E-state index in [1.807, 2.05) is 18.7 Å². The molecule has 1 fully saturated rings. The Kier molecular flexibility index (Phi) is 3.20. The summed E-state index contributed by atoms with van der Waals surface area (Å²) in [6.07, 6.45) is 1.71. The highest BCUT2D eigenvalue weighted by molar-refractivity contribution is 5.89. The summed E-state index contributed by atoms with van der Waals surface area (Å²) in [6.45, 7) is 9.16. The monoisotopic (exact) mass is 198 g/mol. The normalized spacial score (nSPS) is 18.8. The first-order valence-electron chi connectivity index (χ1n) is 5.47. The molecule has 0 aromatic heterocycles. The summed E-state index contributed by atoms with van der Waals surface area (Å²) >= 11 is 0. The van der Waals surface area contributed by atoms with Gasteiger partial charge in [-0.1, -0.05) is 13.8 Å². The molecule has 0 saturated heterocycles. The molecular weight excluding hydrogens is 176 g/mol. The molecule has 1 aliphatic rings. The molecule has 14 heavy (non-hydrogen) atoms. The maximum atomic E-state index is 12.0. The molecular formula is C11H22N2O. The van der Waals surface area contributed by atoms with Gasteiger partial charge in [-0.25, -0.2) is 0 Å². The number of amides is 1. The van der Waals surface area contributed by atoms with Gasteiger partial charge in [-0.2, -0.15) is 0 Å². The second-order valence-corrected chi connectivity index (χ2v) is 5.10. The van der Waals surface area contributed by atoms with Crippen LogP contribution in [0.1, 0.15) is 40.5 Å². The topological polar surface area (TPSA) is 46.3 Å². The van der Waals surface area contributed by atoms with E-state index in [0.717, 1.165) is 19.4 Å². The fraction of sp³-hybridized carbons (Fsp3) is 0.909. The van der Waals surface area contributed by atoms with Crippen molar-refractivity contribution in [3.8, 4) is 0 Å². The maximum Gasteiger partial charge on any atom is 0.242 e. The predicted octanol–water partition coefficient (Wildman–Crippen LogP) is 1.37. The average Bonchev–Trinajstić information content (AvgIpc) is 2.79. The van der Waals surface area contributed by atoms with Gasteiger partial charge in [0.2, 0.25) is 5.91 Å². The molecule has 1 rings (SSSR count). The highest BCUT2D eigenvalue weighted by Crippen LogP contribution is 2.34. The molecule has 3 nitrogen and oxygen atoms in total. The molecule has 0 aliphatic heterocycles. The summed E-state index contributed by atoms with van der Waals surface area (Å²) in [6, 6.07) is 0.255. The predicted molar refractivity (Wildman–Crippen MR) is 57.8 cm³/mol. The molecule has 0 bridgehead atoms. The summed E-state index contributed by atoms with van der Waals surface area (Å²) in [5.41, 5.74) is 5.40. The molecule has 0 unspecified atom stereocenters. The summed E-state index contributed by atoms with van der Waals surface area (Å²) in [7, 11) is 0. The van der Waals surface area contributed by atoms with E-state index in [0.29, 0.717) is 5.92 Å². The van der Waals surface area contributed by atoms with E-state index >= 15 is 0 Å². The highest BCUT2D eigenvalue weighted by Gasteiger charge is 2.48. The van der Waals surface area contributed by atoms with Crippen molar-refractivity contribution < 1.29 is 4.79 Å².